The molecule has 17 heavy (non-hydrogen) atoms. The minimum atomic E-state index is -0.656. The van der Waals surface area contributed by atoms with E-state index in [2.05, 4.69) is 25.7 Å². The van der Waals surface area contributed by atoms with Gasteiger partial charge in [0.25, 0.3) is 0 Å². The quantitative estimate of drug-likeness (QED) is 0.777. The zero-order valence-corrected chi connectivity index (χ0v) is 11.5. The van der Waals surface area contributed by atoms with Crippen LogP contribution in [0.5, 0.6) is 0 Å². The summed E-state index contributed by atoms with van der Waals surface area (Å²) in [4.78, 5) is 13.3. The predicted octanol–water partition coefficient (Wildman–Crippen LogP) is 2.86. The van der Waals surface area contributed by atoms with Crippen LogP contribution in [0.15, 0.2) is 0 Å². The van der Waals surface area contributed by atoms with Crippen molar-refractivity contribution in [2.75, 3.05) is 19.6 Å². The number of carbonyl (C=O) groups is 1. The molecule has 1 heterocycles. The Bertz CT molecular complexity index is 240. The average Bonchev–Trinajstić information content (AvgIpc) is 2.26. The number of nitrogens with zero attached hydrogens (tertiary/aromatic N) is 1. The number of carboxylic acid groups (broad SMARTS) is 1. The third kappa shape index (κ3) is 5.53. The third-order valence-electron chi connectivity index (χ3n) is 3.87. The molecule has 1 fully saturated rings. The van der Waals surface area contributed by atoms with Crippen molar-refractivity contribution in [3.63, 3.8) is 0 Å². The van der Waals surface area contributed by atoms with Gasteiger partial charge in [0.1, 0.15) is 0 Å². The van der Waals surface area contributed by atoms with E-state index in [-0.39, 0.29) is 0 Å². The van der Waals surface area contributed by atoms with Gasteiger partial charge in [-0.25, -0.2) is 0 Å². The molecular formula is C14H27NO2. The SMILES string of the molecule is CC(C)CCN1CCCC(C(C)CC(=O)O)C1. The van der Waals surface area contributed by atoms with E-state index >= 15 is 0 Å². The molecule has 1 N–H and O–H groups in total. The van der Waals surface area contributed by atoms with E-state index in [0.717, 1.165) is 12.5 Å². The summed E-state index contributed by atoms with van der Waals surface area (Å²) in [6, 6.07) is 0. The lowest BCUT2D eigenvalue weighted by atomic mass is 9.84. The van der Waals surface area contributed by atoms with E-state index in [4.69, 9.17) is 5.11 Å². The largest absolute Gasteiger partial charge is 0.481 e. The maximum absolute atomic E-state index is 10.7. The Morgan fingerprint density at radius 3 is 2.71 bits per heavy atom. The highest BCUT2D eigenvalue weighted by Gasteiger charge is 2.25. The van der Waals surface area contributed by atoms with Crippen LogP contribution in [0, 0.1) is 17.8 Å². The summed E-state index contributed by atoms with van der Waals surface area (Å²) >= 11 is 0. The van der Waals surface area contributed by atoms with Crippen molar-refractivity contribution in [3.05, 3.63) is 0 Å². The molecule has 0 aromatic carbocycles. The standard InChI is InChI=1S/C14H27NO2/c1-11(2)6-8-15-7-4-5-13(10-15)12(3)9-14(16)17/h11-13H,4-10H2,1-3H3,(H,16,17). The van der Waals surface area contributed by atoms with E-state index in [0.29, 0.717) is 18.3 Å². The van der Waals surface area contributed by atoms with Gasteiger partial charge in [-0.3, -0.25) is 4.79 Å². The van der Waals surface area contributed by atoms with Crippen LogP contribution < -0.4 is 0 Å². The summed E-state index contributed by atoms with van der Waals surface area (Å²) in [5, 5.41) is 8.84. The highest BCUT2D eigenvalue weighted by molar-refractivity contribution is 5.66. The van der Waals surface area contributed by atoms with E-state index in [9.17, 15) is 4.79 Å². The average molecular weight is 241 g/mol. The summed E-state index contributed by atoms with van der Waals surface area (Å²) in [5.74, 6) is 0.991. The summed E-state index contributed by atoms with van der Waals surface area (Å²) in [6.45, 7) is 10.1. The van der Waals surface area contributed by atoms with Crippen LogP contribution in [-0.2, 0) is 4.79 Å². The maximum Gasteiger partial charge on any atom is 0.303 e. The second kappa shape index (κ2) is 7.00. The highest BCUT2D eigenvalue weighted by atomic mass is 16.4. The molecule has 0 bridgehead atoms. The Morgan fingerprint density at radius 1 is 1.41 bits per heavy atom. The molecule has 0 spiro atoms. The van der Waals surface area contributed by atoms with Crippen molar-refractivity contribution in [1.29, 1.82) is 0 Å². The van der Waals surface area contributed by atoms with Crippen molar-refractivity contribution in [2.24, 2.45) is 17.8 Å². The third-order valence-corrected chi connectivity index (χ3v) is 3.87. The molecule has 0 aromatic heterocycles. The van der Waals surface area contributed by atoms with E-state index in [1.165, 1.54) is 32.4 Å². The Balaban J connectivity index is 2.34. The van der Waals surface area contributed by atoms with Gasteiger partial charge in [0.05, 0.1) is 0 Å². The van der Waals surface area contributed by atoms with Crippen molar-refractivity contribution in [3.8, 4) is 0 Å². The lowest BCUT2D eigenvalue weighted by Gasteiger charge is -2.35. The molecule has 1 saturated heterocycles. The van der Waals surface area contributed by atoms with Crippen molar-refractivity contribution in [1.82, 2.24) is 4.90 Å². The van der Waals surface area contributed by atoms with Gasteiger partial charge in [0.2, 0.25) is 0 Å². The summed E-state index contributed by atoms with van der Waals surface area (Å²) < 4.78 is 0. The molecule has 0 amide bonds. The molecule has 3 heteroatoms. The number of piperidine rings is 1. The van der Waals surface area contributed by atoms with Crippen LogP contribution in [0.4, 0.5) is 0 Å². The van der Waals surface area contributed by atoms with Crippen molar-refractivity contribution in [2.45, 2.75) is 46.5 Å². The topological polar surface area (TPSA) is 40.5 Å². The molecule has 1 aliphatic rings. The minimum Gasteiger partial charge on any atom is -0.481 e. The Kier molecular flexibility index (Phi) is 5.96. The lowest BCUT2D eigenvalue weighted by molar-refractivity contribution is -0.138. The number of carboxylic acids is 1. The first kappa shape index (κ1) is 14.5. The van der Waals surface area contributed by atoms with Gasteiger partial charge in [-0.05, 0) is 50.1 Å². The molecule has 1 aliphatic heterocycles. The van der Waals surface area contributed by atoms with E-state index < -0.39 is 5.97 Å². The molecule has 0 aromatic rings. The van der Waals surface area contributed by atoms with Crippen LogP contribution in [0.2, 0.25) is 0 Å². The Labute approximate surface area is 105 Å². The number of hydrogen-bond acceptors (Lipinski definition) is 2. The highest BCUT2D eigenvalue weighted by Crippen LogP contribution is 2.26. The molecular weight excluding hydrogens is 214 g/mol. The fraction of sp³-hybridized carbons (Fsp3) is 0.929. The van der Waals surface area contributed by atoms with E-state index in [1.807, 2.05) is 0 Å². The number of aliphatic carboxylic acids is 1. The molecule has 0 radical (unpaired) electrons. The molecule has 2 atom stereocenters. The molecule has 0 aliphatic carbocycles. The van der Waals surface area contributed by atoms with Crippen LogP contribution in [0.3, 0.4) is 0 Å². The fourth-order valence-corrected chi connectivity index (χ4v) is 2.64. The summed E-state index contributed by atoms with van der Waals surface area (Å²) in [6.07, 6.45) is 4.00. The Morgan fingerprint density at radius 2 is 2.12 bits per heavy atom. The second-order valence-corrected chi connectivity index (χ2v) is 5.96. The normalized spacial score (nSPS) is 23.9. The first-order chi connectivity index (χ1) is 7.99. The second-order valence-electron chi connectivity index (χ2n) is 5.96. The monoisotopic (exact) mass is 241 g/mol. The van der Waals surface area contributed by atoms with Gasteiger partial charge in [-0.15, -0.1) is 0 Å². The van der Waals surface area contributed by atoms with Gasteiger partial charge >= 0.3 is 5.97 Å². The number of rotatable bonds is 6. The number of likely N-dealkylation sites (tertiary alicyclic amines) is 1. The number of hydrogen-bond donors (Lipinski definition) is 1. The van der Waals surface area contributed by atoms with Crippen LogP contribution >= 0.6 is 0 Å². The van der Waals surface area contributed by atoms with Crippen LogP contribution in [0.25, 0.3) is 0 Å². The fourth-order valence-electron chi connectivity index (χ4n) is 2.64. The van der Waals surface area contributed by atoms with E-state index in [1.54, 1.807) is 0 Å². The summed E-state index contributed by atoms with van der Waals surface area (Å²) in [7, 11) is 0. The van der Waals surface area contributed by atoms with Gasteiger partial charge in [0.15, 0.2) is 0 Å². The van der Waals surface area contributed by atoms with Crippen LogP contribution in [-0.4, -0.2) is 35.6 Å². The molecule has 0 saturated carbocycles. The maximum atomic E-state index is 10.7. The molecule has 100 valence electrons. The Hall–Kier alpha value is -0.570. The smallest absolute Gasteiger partial charge is 0.303 e. The first-order valence-corrected chi connectivity index (χ1v) is 6.93. The summed E-state index contributed by atoms with van der Waals surface area (Å²) in [5.41, 5.74) is 0. The van der Waals surface area contributed by atoms with Gasteiger partial charge in [0, 0.05) is 13.0 Å². The van der Waals surface area contributed by atoms with Crippen molar-refractivity contribution < 1.29 is 9.90 Å². The van der Waals surface area contributed by atoms with Gasteiger partial charge < -0.3 is 10.0 Å². The lowest BCUT2D eigenvalue weighted by Crippen LogP contribution is -2.39. The minimum absolute atomic E-state index is 0.314. The van der Waals surface area contributed by atoms with Crippen LogP contribution in [0.1, 0.15) is 46.5 Å². The molecule has 1 rings (SSSR count). The zero-order valence-electron chi connectivity index (χ0n) is 11.5. The van der Waals surface area contributed by atoms with Gasteiger partial charge in [-0.1, -0.05) is 20.8 Å². The van der Waals surface area contributed by atoms with Gasteiger partial charge in [-0.2, -0.15) is 0 Å². The molecule has 3 nitrogen and oxygen atoms in total. The van der Waals surface area contributed by atoms with Crippen molar-refractivity contribution >= 4 is 5.97 Å². The predicted molar refractivity (Wildman–Crippen MR) is 70.0 cm³/mol. The first-order valence-electron chi connectivity index (χ1n) is 6.93. The molecule has 2 unspecified atom stereocenters. The zero-order chi connectivity index (χ0) is 12.8.